The van der Waals surface area contributed by atoms with Crippen molar-refractivity contribution >= 4 is 11.7 Å². The zero-order valence-corrected chi connectivity index (χ0v) is 17.6. The van der Waals surface area contributed by atoms with Gasteiger partial charge in [-0.1, -0.05) is 30.3 Å². The van der Waals surface area contributed by atoms with E-state index in [1.165, 1.54) is 18.3 Å². The molecule has 1 fully saturated rings. The molecule has 2 heterocycles. The van der Waals surface area contributed by atoms with Gasteiger partial charge in [-0.2, -0.15) is 8.78 Å². The first-order valence-corrected chi connectivity index (χ1v) is 10.1. The smallest absolute Gasteiger partial charge is 0.387 e. The van der Waals surface area contributed by atoms with Gasteiger partial charge in [-0.15, -0.1) is 0 Å². The van der Waals surface area contributed by atoms with Crippen LogP contribution in [-0.4, -0.2) is 34.1 Å². The molecule has 0 bridgehead atoms. The molecule has 1 aliphatic rings. The van der Waals surface area contributed by atoms with E-state index in [0.29, 0.717) is 18.0 Å². The van der Waals surface area contributed by atoms with Gasteiger partial charge in [0, 0.05) is 17.7 Å². The molecule has 0 radical (unpaired) electrons. The molecule has 3 aromatic rings. The Balaban J connectivity index is 1.51. The van der Waals surface area contributed by atoms with Crippen LogP contribution in [0.5, 0.6) is 11.5 Å². The summed E-state index contributed by atoms with van der Waals surface area (Å²) < 4.78 is 35.3. The van der Waals surface area contributed by atoms with Crippen molar-refractivity contribution in [2.45, 2.75) is 32.3 Å². The highest BCUT2D eigenvalue weighted by Gasteiger charge is 2.60. The molecule has 7 nitrogen and oxygen atoms in total. The summed E-state index contributed by atoms with van der Waals surface area (Å²) in [5.41, 5.74) is 1.18. The molecule has 0 spiro atoms. The molecule has 0 saturated heterocycles. The SMILES string of the molecule is Cc1ncc(OC[C@@]2(c3ccccc3)C[C@H]2C(=O)Nc2cc(OC(F)F)ccn2)c(C)n1. The first kappa shape index (κ1) is 21.6. The monoisotopic (exact) mass is 440 g/mol. The van der Waals surface area contributed by atoms with Gasteiger partial charge in [-0.3, -0.25) is 4.79 Å². The number of amides is 1. The Morgan fingerprint density at radius 1 is 1.22 bits per heavy atom. The molecular formula is C23H22F2N4O3. The molecule has 0 unspecified atom stereocenters. The van der Waals surface area contributed by atoms with Crippen molar-refractivity contribution in [3.63, 3.8) is 0 Å². The average molecular weight is 440 g/mol. The number of rotatable bonds is 8. The first-order chi connectivity index (χ1) is 15.4. The minimum atomic E-state index is -2.96. The molecule has 2 atom stereocenters. The Morgan fingerprint density at radius 2 is 2.00 bits per heavy atom. The summed E-state index contributed by atoms with van der Waals surface area (Å²) in [6.45, 7) is 0.959. The van der Waals surface area contributed by atoms with E-state index >= 15 is 0 Å². The molecule has 1 N–H and O–H groups in total. The van der Waals surface area contributed by atoms with E-state index < -0.39 is 12.0 Å². The first-order valence-electron chi connectivity index (χ1n) is 10.1. The van der Waals surface area contributed by atoms with E-state index in [9.17, 15) is 13.6 Å². The Hall–Kier alpha value is -3.62. The molecule has 32 heavy (non-hydrogen) atoms. The van der Waals surface area contributed by atoms with Crippen molar-refractivity contribution in [3.05, 3.63) is 71.9 Å². The summed E-state index contributed by atoms with van der Waals surface area (Å²) in [6, 6.07) is 12.2. The Morgan fingerprint density at radius 3 is 2.72 bits per heavy atom. The molecule has 1 saturated carbocycles. The lowest BCUT2D eigenvalue weighted by molar-refractivity contribution is -0.117. The van der Waals surface area contributed by atoms with Crippen LogP contribution in [0, 0.1) is 19.8 Å². The summed E-state index contributed by atoms with van der Waals surface area (Å²) in [4.78, 5) is 25.5. The molecule has 1 aromatic carbocycles. The third-order valence-corrected chi connectivity index (χ3v) is 5.49. The number of nitrogens with one attached hydrogen (secondary N) is 1. The zero-order valence-electron chi connectivity index (χ0n) is 17.6. The van der Waals surface area contributed by atoms with Crippen LogP contribution in [0.25, 0.3) is 0 Å². The topological polar surface area (TPSA) is 86.2 Å². The van der Waals surface area contributed by atoms with Gasteiger partial charge in [-0.25, -0.2) is 15.0 Å². The highest BCUT2D eigenvalue weighted by molar-refractivity contribution is 5.95. The number of carbonyl (C=O) groups is 1. The quantitative estimate of drug-likeness (QED) is 0.568. The van der Waals surface area contributed by atoms with Gasteiger partial charge in [0.25, 0.3) is 0 Å². The van der Waals surface area contributed by atoms with Crippen molar-refractivity contribution in [3.8, 4) is 11.5 Å². The molecule has 2 aromatic heterocycles. The van der Waals surface area contributed by atoms with Gasteiger partial charge < -0.3 is 14.8 Å². The van der Waals surface area contributed by atoms with Gasteiger partial charge in [0.05, 0.1) is 24.4 Å². The van der Waals surface area contributed by atoms with E-state index in [0.717, 1.165) is 11.3 Å². The lowest BCUT2D eigenvalue weighted by atomic mass is 9.93. The number of carbonyl (C=O) groups excluding carboxylic acids is 1. The number of hydrogen-bond donors (Lipinski definition) is 1. The minimum absolute atomic E-state index is 0.0754. The van der Waals surface area contributed by atoms with Crippen LogP contribution in [-0.2, 0) is 10.2 Å². The number of alkyl halides is 2. The van der Waals surface area contributed by atoms with Gasteiger partial charge in [0.15, 0.2) is 5.75 Å². The Bertz CT molecular complexity index is 1110. The van der Waals surface area contributed by atoms with Crippen LogP contribution < -0.4 is 14.8 Å². The second-order valence-electron chi connectivity index (χ2n) is 7.68. The number of aromatic nitrogens is 3. The largest absolute Gasteiger partial charge is 0.489 e. The number of ether oxygens (including phenoxy) is 2. The van der Waals surface area contributed by atoms with Crippen molar-refractivity contribution in [2.24, 2.45) is 5.92 Å². The predicted molar refractivity (Wildman–Crippen MR) is 113 cm³/mol. The summed E-state index contributed by atoms with van der Waals surface area (Å²) in [5, 5.41) is 2.70. The summed E-state index contributed by atoms with van der Waals surface area (Å²) in [5.74, 6) is 0.644. The van der Waals surface area contributed by atoms with E-state index in [-0.39, 0.29) is 30.0 Å². The van der Waals surface area contributed by atoms with Gasteiger partial charge in [0.2, 0.25) is 5.91 Å². The van der Waals surface area contributed by atoms with Crippen LogP contribution in [0.2, 0.25) is 0 Å². The normalized spacial score (nSPS) is 19.5. The van der Waals surface area contributed by atoms with Gasteiger partial charge in [0.1, 0.15) is 17.4 Å². The Labute approximate surface area is 183 Å². The van der Waals surface area contributed by atoms with E-state index in [1.54, 1.807) is 13.1 Å². The molecule has 1 aliphatic carbocycles. The lowest BCUT2D eigenvalue weighted by Crippen LogP contribution is -2.27. The van der Waals surface area contributed by atoms with Crippen molar-refractivity contribution in [1.29, 1.82) is 0 Å². The number of aryl methyl sites for hydroxylation is 2. The van der Waals surface area contributed by atoms with Gasteiger partial charge >= 0.3 is 6.61 Å². The van der Waals surface area contributed by atoms with Gasteiger partial charge in [-0.05, 0) is 31.9 Å². The standard InChI is InChI=1S/C23H22F2N4O3/c1-14-19(12-27-15(2)28-14)31-13-23(16-6-4-3-5-7-16)11-18(23)21(30)29-20-10-17(8-9-26-20)32-22(24)25/h3-10,12,18,22H,11,13H2,1-2H3,(H,26,29,30)/t18-,23+/m0/s1. The van der Waals surface area contributed by atoms with E-state index in [2.05, 4.69) is 25.0 Å². The molecule has 4 rings (SSSR count). The van der Waals surface area contributed by atoms with Crippen LogP contribution in [0.1, 0.15) is 23.5 Å². The zero-order chi connectivity index (χ0) is 22.7. The van der Waals surface area contributed by atoms with Crippen LogP contribution in [0.15, 0.2) is 54.9 Å². The number of hydrogen-bond acceptors (Lipinski definition) is 6. The fourth-order valence-electron chi connectivity index (χ4n) is 3.77. The van der Waals surface area contributed by atoms with Crippen LogP contribution in [0.3, 0.4) is 0 Å². The maximum Gasteiger partial charge on any atom is 0.387 e. The number of halogens is 2. The minimum Gasteiger partial charge on any atom is -0.489 e. The number of pyridine rings is 1. The van der Waals surface area contributed by atoms with Crippen LogP contribution in [0.4, 0.5) is 14.6 Å². The molecule has 1 amide bonds. The lowest BCUT2D eigenvalue weighted by Gasteiger charge is -2.19. The van der Waals surface area contributed by atoms with Crippen molar-refractivity contribution in [1.82, 2.24) is 15.0 Å². The summed E-state index contributed by atoms with van der Waals surface area (Å²) in [6.07, 6.45) is 3.50. The second-order valence-corrected chi connectivity index (χ2v) is 7.68. The maximum absolute atomic E-state index is 13.0. The third-order valence-electron chi connectivity index (χ3n) is 5.49. The number of nitrogens with zero attached hydrogens (tertiary/aromatic N) is 3. The molecule has 0 aliphatic heterocycles. The molecule has 166 valence electrons. The fraction of sp³-hybridized carbons (Fsp3) is 0.304. The van der Waals surface area contributed by atoms with Crippen molar-refractivity contribution < 1.29 is 23.0 Å². The van der Waals surface area contributed by atoms with Crippen LogP contribution >= 0.6 is 0 Å². The summed E-state index contributed by atoms with van der Waals surface area (Å²) >= 11 is 0. The van der Waals surface area contributed by atoms with E-state index in [1.807, 2.05) is 37.3 Å². The maximum atomic E-state index is 13.0. The Kier molecular flexibility index (Phi) is 5.98. The third kappa shape index (κ3) is 4.66. The summed E-state index contributed by atoms with van der Waals surface area (Å²) in [7, 11) is 0. The highest BCUT2D eigenvalue weighted by Crippen LogP contribution is 2.55. The fourth-order valence-corrected chi connectivity index (χ4v) is 3.77. The predicted octanol–water partition coefficient (Wildman–Crippen LogP) is 4.07. The number of anilines is 1. The number of benzene rings is 1. The molecule has 9 heteroatoms. The average Bonchev–Trinajstić information content (AvgIpc) is 3.50. The van der Waals surface area contributed by atoms with Crippen molar-refractivity contribution in [2.75, 3.05) is 11.9 Å². The van der Waals surface area contributed by atoms with E-state index in [4.69, 9.17) is 4.74 Å². The highest BCUT2D eigenvalue weighted by atomic mass is 19.3. The molecular weight excluding hydrogens is 418 g/mol. The second kappa shape index (κ2) is 8.86.